The molecule has 0 aliphatic carbocycles. The van der Waals surface area contributed by atoms with Crippen LogP contribution in [0.3, 0.4) is 0 Å². The molecule has 0 spiro atoms. The van der Waals surface area contributed by atoms with Crippen molar-refractivity contribution in [1.82, 2.24) is 0 Å². The maximum Gasteiger partial charge on any atom is 0.472 e. The highest BCUT2D eigenvalue weighted by Gasteiger charge is 2.31. The third-order valence-corrected chi connectivity index (χ3v) is 23.2. The molecule has 0 bridgehead atoms. The minimum absolute atomic E-state index is 0.108. The Labute approximate surface area is 664 Å². The first-order valence-corrected chi connectivity index (χ1v) is 49.0. The molecule has 642 valence electrons. The summed E-state index contributed by atoms with van der Waals surface area (Å²) in [7, 11) is -9.93. The van der Waals surface area contributed by atoms with Crippen LogP contribution in [0.2, 0.25) is 0 Å². The van der Waals surface area contributed by atoms with E-state index < -0.39 is 97.5 Å². The Morgan fingerprint density at radius 1 is 0.269 bits per heavy atom. The standard InChI is InChI=1S/C89H174O17P2/c1-7-10-12-14-16-18-20-22-23-24-28-31-36-42-48-54-60-66-72-87(92)100-78-85(105-88(93)73-67-61-55-49-43-37-32-29-26-25-27-30-35-40-46-52-58-64-70-82(6)9-3)80-104-108(97,98)102-76-83(90)75-101-107(95,96)103-79-84(77-99-86(91)71-65-59-53-47-41-21-19-17-15-13-11-8-2)106-89(94)74-68-62-56-50-44-38-33-34-39-45-51-57-63-69-81(4)5/h81-85,90H,7-80H2,1-6H3,(H,95,96)(H,97,98)/t82?,83-,84+,85+/m0/s1. The molecular weight excluding hydrogens is 1400 g/mol. The molecule has 0 aromatic heterocycles. The third-order valence-electron chi connectivity index (χ3n) is 21.3. The van der Waals surface area contributed by atoms with Crippen LogP contribution < -0.4 is 0 Å². The van der Waals surface area contributed by atoms with Gasteiger partial charge in [-0.3, -0.25) is 37.3 Å². The van der Waals surface area contributed by atoms with Crippen molar-refractivity contribution >= 4 is 39.5 Å². The van der Waals surface area contributed by atoms with E-state index in [9.17, 15) is 43.2 Å². The summed E-state index contributed by atoms with van der Waals surface area (Å²) in [5, 5.41) is 10.7. The van der Waals surface area contributed by atoms with Gasteiger partial charge in [0.05, 0.1) is 26.4 Å². The van der Waals surface area contributed by atoms with Crippen LogP contribution in [0.5, 0.6) is 0 Å². The fourth-order valence-electron chi connectivity index (χ4n) is 13.9. The maximum atomic E-state index is 13.2. The third kappa shape index (κ3) is 80.7. The number of aliphatic hydroxyl groups is 1. The molecule has 17 nitrogen and oxygen atoms in total. The van der Waals surface area contributed by atoms with Crippen molar-refractivity contribution in [3.63, 3.8) is 0 Å². The molecule has 0 fully saturated rings. The molecule has 0 amide bonds. The van der Waals surface area contributed by atoms with Crippen molar-refractivity contribution in [3.05, 3.63) is 0 Å². The quantitative estimate of drug-likeness (QED) is 0.0222. The lowest BCUT2D eigenvalue weighted by Crippen LogP contribution is -2.30. The van der Waals surface area contributed by atoms with Crippen LogP contribution >= 0.6 is 15.6 Å². The van der Waals surface area contributed by atoms with E-state index in [2.05, 4.69) is 41.5 Å². The van der Waals surface area contributed by atoms with E-state index in [4.69, 9.17) is 37.0 Å². The van der Waals surface area contributed by atoms with Crippen LogP contribution in [-0.2, 0) is 65.4 Å². The molecule has 3 N–H and O–H groups in total. The fourth-order valence-corrected chi connectivity index (χ4v) is 15.5. The van der Waals surface area contributed by atoms with E-state index in [1.54, 1.807) is 0 Å². The second kappa shape index (κ2) is 80.3. The number of ether oxygens (including phenoxy) is 4. The summed E-state index contributed by atoms with van der Waals surface area (Å²) in [6, 6.07) is 0. The second-order valence-corrected chi connectivity index (χ2v) is 35.6. The summed E-state index contributed by atoms with van der Waals surface area (Å²) in [6.07, 6.45) is 73.5. The summed E-state index contributed by atoms with van der Waals surface area (Å²) >= 11 is 0. The molecule has 0 radical (unpaired) electrons. The number of carbonyl (C=O) groups excluding carboxylic acids is 4. The van der Waals surface area contributed by atoms with Crippen LogP contribution in [0.15, 0.2) is 0 Å². The Kier molecular flexibility index (Phi) is 78.8. The number of unbranched alkanes of at least 4 members (excludes halogenated alkanes) is 57. The number of hydrogen-bond donors (Lipinski definition) is 3. The first kappa shape index (κ1) is 106. The van der Waals surface area contributed by atoms with Crippen molar-refractivity contribution in [1.29, 1.82) is 0 Å². The van der Waals surface area contributed by atoms with Crippen molar-refractivity contribution in [3.8, 4) is 0 Å². The first-order valence-electron chi connectivity index (χ1n) is 46.0. The van der Waals surface area contributed by atoms with E-state index in [1.165, 1.54) is 295 Å². The van der Waals surface area contributed by atoms with Crippen LogP contribution in [0, 0.1) is 11.8 Å². The molecule has 108 heavy (non-hydrogen) atoms. The van der Waals surface area contributed by atoms with Gasteiger partial charge in [-0.15, -0.1) is 0 Å². The predicted molar refractivity (Wildman–Crippen MR) is 446 cm³/mol. The van der Waals surface area contributed by atoms with Crippen molar-refractivity contribution in [2.45, 2.75) is 496 Å². The molecule has 0 saturated carbocycles. The molecular formula is C89H174O17P2. The van der Waals surface area contributed by atoms with Gasteiger partial charge in [-0.2, -0.15) is 0 Å². The van der Waals surface area contributed by atoms with Gasteiger partial charge in [0.1, 0.15) is 19.3 Å². The number of esters is 4. The number of aliphatic hydroxyl groups excluding tert-OH is 1. The van der Waals surface area contributed by atoms with Crippen LogP contribution in [0.1, 0.15) is 478 Å². The zero-order valence-electron chi connectivity index (χ0n) is 71.2. The van der Waals surface area contributed by atoms with Gasteiger partial charge >= 0.3 is 39.5 Å². The van der Waals surface area contributed by atoms with Crippen LogP contribution in [0.25, 0.3) is 0 Å². The van der Waals surface area contributed by atoms with E-state index >= 15 is 0 Å². The van der Waals surface area contributed by atoms with Crippen LogP contribution in [-0.4, -0.2) is 96.7 Å². The average Bonchev–Trinajstić information content (AvgIpc) is 0.898. The van der Waals surface area contributed by atoms with E-state index in [1.807, 2.05) is 0 Å². The summed E-state index contributed by atoms with van der Waals surface area (Å²) in [4.78, 5) is 73.4. The van der Waals surface area contributed by atoms with E-state index in [-0.39, 0.29) is 25.7 Å². The Morgan fingerprint density at radius 3 is 0.704 bits per heavy atom. The highest BCUT2D eigenvalue weighted by Crippen LogP contribution is 2.45. The van der Waals surface area contributed by atoms with E-state index in [0.29, 0.717) is 25.7 Å². The summed E-state index contributed by atoms with van der Waals surface area (Å²) in [5.74, 6) is -0.439. The predicted octanol–water partition coefficient (Wildman–Crippen LogP) is 27.4. The minimum atomic E-state index is -4.97. The molecule has 0 aliphatic heterocycles. The van der Waals surface area contributed by atoms with Gasteiger partial charge in [0.2, 0.25) is 0 Å². The van der Waals surface area contributed by atoms with Gasteiger partial charge in [0.25, 0.3) is 0 Å². The van der Waals surface area contributed by atoms with Crippen molar-refractivity contribution in [2.24, 2.45) is 11.8 Å². The number of rotatable bonds is 88. The number of carbonyl (C=O) groups is 4. The number of hydrogen-bond acceptors (Lipinski definition) is 15. The zero-order chi connectivity index (χ0) is 79.2. The van der Waals surface area contributed by atoms with Crippen molar-refractivity contribution < 1.29 is 80.2 Å². The molecule has 0 aromatic carbocycles. The van der Waals surface area contributed by atoms with Crippen LogP contribution in [0.4, 0.5) is 0 Å². The van der Waals surface area contributed by atoms with Gasteiger partial charge in [0.15, 0.2) is 12.2 Å². The Hall–Kier alpha value is -1.94. The number of phosphoric acid groups is 2. The average molecular weight is 1580 g/mol. The molecule has 0 rings (SSSR count). The summed E-state index contributed by atoms with van der Waals surface area (Å²) < 4.78 is 69.0. The maximum absolute atomic E-state index is 13.2. The zero-order valence-corrected chi connectivity index (χ0v) is 73.0. The second-order valence-electron chi connectivity index (χ2n) is 32.7. The Bertz CT molecular complexity index is 2070. The van der Waals surface area contributed by atoms with Gasteiger partial charge < -0.3 is 33.8 Å². The lowest BCUT2D eigenvalue weighted by molar-refractivity contribution is -0.161. The van der Waals surface area contributed by atoms with E-state index in [0.717, 1.165) is 102 Å². The number of phosphoric ester groups is 2. The van der Waals surface area contributed by atoms with Gasteiger partial charge in [-0.05, 0) is 37.5 Å². The minimum Gasteiger partial charge on any atom is -0.462 e. The topological polar surface area (TPSA) is 237 Å². The SMILES string of the molecule is CCCCCCCCCCCCCCCCCCCCC(=O)OC[C@H](COP(=O)(O)OC[C@@H](O)COP(=O)(O)OC[C@@H](COC(=O)CCCCCCCCCCCCCC)OC(=O)CCCCCCCCCCCCCCCC(C)C)OC(=O)CCCCCCCCCCCCCCCCCCCCC(C)CC. The molecule has 0 heterocycles. The smallest absolute Gasteiger partial charge is 0.462 e. The lowest BCUT2D eigenvalue weighted by atomic mass is 9.99. The summed E-state index contributed by atoms with van der Waals surface area (Å²) in [5.41, 5.74) is 0. The van der Waals surface area contributed by atoms with Gasteiger partial charge in [-0.1, -0.05) is 427 Å². The monoisotopic (exact) mass is 1580 g/mol. The molecule has 0 aliphatic rings. The highest BCUT2D eigenvalue weighted by atomic mass is 31.2. The van der Waals surface area contributed by atoms with Gasteiger partial charge in [-0.25, -0.2) is 9.13 Å². The lowest BCUT2D eigenvalue weighted by Gasteiger charge is -2.21. The molecule has 6 atom stereocenters. The highest BCUT2D eigenvalue weighted by molar-refractivity contribution is 7.47. The molecule has 3 unspecified atom stereocenters. The summed E-state index contributed by atoms with van der Waals surface area (Å²) in [6.45, 7) is 9.78. The Balaban J connectivity index is 5.25. The molecule has 19 heteroatoms. The first-order chi connectivity index (χ1) is 52.4. The normalized spacial score (nSPS) is 14.0. The van der Waals surface area contributed by atoms with Gasteiger partial charge in [0, 0.05) is 25.7 Å². The molecule has 0 saturated heterocycles. The Morgan fingerprint density at radius 2 is 0.472 bits per heavy atom. The fraction of sp³-hybridized carbons (Fsp3) is 0.955. The molecule has 0 aromatic rings. The largest absolute Gasteiger partial charge is 0.472 e. The van der Waals surface area contributed by atoms with Crippen molar-refractivity contribution in [2.75, 3.05) is 39.6 Å².